The van der Waals surface area contributed by atoms with Crippen LogP contribution in [0.5, 0.6) is 0 Å². The second-order valence-corrected chi connectivity index (χ2v) is 3.05. The molecule has 0 radical (unpaired) electrons. The Morgan fingerprint density at radius 1 is 1.65 bits per heavy atom. The highest BCUT2D eigenvalue weighted by Crippen LogP contribution is 2.28. The molecule has 0 aliphatic heterocycles. The number of hydrogen-bond donors (Lipinski definition) is 0. The summed E-state index contributed by atoms with van der Waals surface area (Å²) in [6.07, 6.45) is -2.61. The quantitative estimate of drug-likeness (QED) is 0.458. The zero-order valence-electron chi connectivity index (χ0n) is 8.72. The largest absolute Gasteiger partial charge is 0.469 e. The van der Waals surface area contributed by atoms with Gasteiger partial charge in [-0.25, -0.2) is 8.78 Å². The van der Waals surface area contributed by atoms with Crippen molar-refractivity contribution in [3.8, 4) is 0 Å². The molecule has 92 valence electrons. The van der Waals surface area contributed by atoms with E-state index in [9.17, 15) is 23.7 Å². The van der Waals surface area contributed by atoms with Crippen LogP contribution in [0.15, 0.2) is 12.3 Å². The lowest BCUT2D eigenvalue weighted by Gasteiger charge is -2.04. The first-order chi connectivity index (χ1) is 7.95. The zero-order valence-corrected chi connectivity index (χ0v) is 8.72. The van der Waals surface area contributed by atoms with Gasteiger partial charge in [-0.3, -0.25) is 19.9 Å². The van der Waals surface area contributed by atoms with Crippen molar-refractivity contribution in [3.63, 3.8) is 0 Å². The summed E-state index contributed by atoms with van der Waals surface area (Å²) in [6, 6.07) is 0.833. The molecule has 1 rings (SSSR count). The van der Waals surface area contributed by atoms with Gasteiger partial charge in [0, 0.05) is 0 Å². The highest BCUT2D eigenvalue weighted by Gasteiger charge is 2.23. The molecule has 0 bridgehead atoms. The van der Waals surface area contributed by atoms with Gasteiger partial charge in [0.1, 0.15) is 6.20 Å². The molecule has 0 amide bonds. The number of rotatable bonds is 4. The third kappa shape index (κ3) is 3.16. The second kappa shape index (κ2) is 5.28. The summed E-state index contributed by atoms with van der Waals surface area (Å²) in [4.78, 5) is 24.0. The van der Waals surface area contributed by atoms with Gasteiger partial charge in [0.25, 0.3) is 12.1 Å². The molecule has 0 unspecified atom stereocenters. The third-order valence-electron chi connectivity index (χ3n) is 1.96. The van der Waals surface area contributed by atoms with E-state index in [2.05, 4.69) is 9.72 Å². The Bertz CT molecular complexity index is 451. The number of esters is 1. The van der Waals surface area contributed by atoms with E-state index in [1.54, 1.807) is 0 Å². The van der Waals surface area contributed by atoms with E-state index in [1.165, 1.54) is 0 Å². The van der Waals surface area contributed by atoms with Crippen molar-refractivity contribution >= 4 is 11.7 Å². The molecular formula is C9H8F2N2O4. The molecule has 0 atom stereocenters. The number of carbonyl (C=O) groups excluding carboxylic acids is 1. The molecule has 0 N–H and O–H groups in total. The van der Waals surface area contributed by atoms with Crippen LogP contribution in [0.4, 0.5) is 14.5 Å². The number of aromatic nitrogens is 1. The van der Waals surface area contributed by atoms with Crippen molar-refractivity contribution < 1.29 is 23.2 Å². The van der Waals surface area contributed by atoms with Crippen LogP contribution in [0.1, 0.15) is 17.7 Å². The standard InChI is InChI=1S/C9H8F2N2O4/c1-17-8(14)3-5-2-6(9(10)11)7(4-12-5)13(15)16/h2,4,9H,3H2,1H3. The van der Waals surface area contributed by atoms with Crippen LogP contribution >= 0.6 is 0 Å². The Labute approximate surface area is 94.4 Å². The van der Waals surface area contributed by atoms with Gasteiger partial charge in [-0.1, -0.05) is 0 Å². The fraction of sp³-hybridized carbons (Fsp3) is 0.333. The van der Waals surface area contributed by atoms with Gasteiger partial charge in [-0.05, 0) is 6.07 Å². The van der Waals surface area contributed by atoms with Crippen molar-refractivity contribution in [1.29, 1.82) is 0 Å². The number of carbonyl (C=O) groups is 1. The van der Waals surface area contributed by atoms with E-state index in [1.807, 2.05) is 0 Å². The fourth-order valence-corrected chi connectivity index (χ4v) is 1.15. The summed E-state index contributed by atoms with van der Waals surface area (Å²) >= 11 is 0. The van der Waals surface area contributed by atoms with E-state index in [0.717, 1.165) is 13.2 Å². The predicted octanol–water partition coefficient (Wildman–Crippen LogP) is 1.64. The summed E-state index contributed by atoms with van der Waals surface area (Å²) in [5, 5.41) is 10.5. The van der Waals surface area contributed by atoms with Gasteiger partial charge in [-0.2, -0.15) is 0 Å². The lowest BCUT2D eigenvalue weighted by molar-refractivity contribution is -0.386. The molecule has 0 spiro atoms. The molecular weight excluding hydrogens is 238 g/mol. The SMILES string of the molecule is COC(=O)Cc1cc(C(F)F)c([N+](=O)[O-])cn1. The van der Waals surface area contributed by atoms with Gasteiger partial charge >= 0.3 is 5.97 Å². The Hall–Kier alpha value is -2.12. The Morgan fingerprint density at radius 3 is 2.76 bits per heavy atom. The van der Waals surface area contributed by atoms with Crippen LogP contribution in [-0.2, 0) is 16.0 Å². The first-order valence-electron chi connectivity index (χ1n) is 4.44. The van der Waals surface area contributed by atoms with Crippen molar-refractivity contribution in [1.82, 2.24) is 4.98 Å². The first-order valence-corrected chi connectivity index (χ1v) is 4.44. The molecule has 0 saturated heterocycles. The summed E-state index contributed by atoms with van der Waals surface area (Å²) in [6.45, 7) is 0. The molecule has 1 heterocycles. The maximum atomic E-state index is 12.5. The van der Waals surface area contributed by atoms with E-state index in [4.69, 9.17) is 0 Å². The maximum Gasteiger partial charge on any atom is 0.311 e. The van der Waals surface area contributed by atoms with Gasteiger partial charge in [0.2, 0.25) is 0 Å². The summed E-state index contributed by atoms with van der Waals surface area (Å²) in [7, 11) is 1.14. The maximum absolute atomic E-state index is 12.5. The normalized spacial score (nSPS) is 10.4. The van der Waals surface area contributed by atoms with Crippen LogP contribution < -0.4 is 0 Å². The minimum Gasteiger partial charge on any atom is -0.469 e. The van der Waals surface area contributed by atoms with Gasteiger partial charge in [0.15, 0.2) is 0 Å². The number of methoxy groups -OCH3 is 1. The van der Waals surface area contributed by atoms with Crippen LogP contribution in [0, 0.1) is 10.1 Å². The van der Waals surface area contributed by atoms with Crippen molar-refractivity contribution in [2.24, 2.45) is 0 Å². The van der Waals surface area contributed by atoms with Crippen molar-refractivity contribution in [3.05, 3.63) is 33.6 Å². The highest BCUT2D eigenvalue weighted by molar-refractivity contribution is 5.72. The molecule has 0 saturated carbocycles. The molecule has 8 heteroatoms. The lowest BCUT2D eigenvalue weighted by atomic mass is 10.1. The number of halogens is 2. The van der Waals surface area contributed by atoms with Crippen LogP contribution in [-0.4, -0.2) is 23.0 Å². The Balaban J connectivity index is 3.10. The predicted molar refractivity (Wildman–Crippen MR) is 51.6 cm³/mol. The van der Waals surface area contributed by atoms with Crippen molar-refractivity contribution in [2.75, 3.05) is 7.11 Å². The fourth-order valence-electron chi connectivity index (χ4n) is 1.15. The molecule has 17 heavy (non-hydrogen) atoms. The molecule has 1 aromatic heterocycles. The lowest BCUT2D eigenvalue weighted by Crippen LogP contribution is -2.07. The summed E-state index contributed by atoms with van der Waals surface area (Å²) in [5.74, 6) is -0.661. The molecule has 0 aliphatic rings. The number of hydrogen-bond acceptors (Lipinski definition) is 5. The van der Waals surface area contributed by atoms with Gasteiger partial charge in [-0.15, -0.1) is 0 Å². The molecule has 0 aromatic carbocycles. The Morgan fingerprint density at radius 2 is 2.29 bits per heavy atom. The van der Waals surface area contributed by atoms with E-state index >= 15 is 0 Å². The van der Waals surface area contributed by atoms with Crippen molar-refractivity contribution in [2.45, 2.75) is 12.8 Å². The zero-order chi connectivity index (χ0) is 13.0. The second-order valence-electron chi connectivity index (χ2n) is 3.05. The topological polar surface area (TPSA) is 82.3 Å². The minimum absolute atomic E-state index is 0.00208. The Kier molecular flexibility index (Phi) is 4.02. The van der Waals surface area contributed by atoms with Gasteiger partial charge < -0.3 is 4.74 Å². The molecule has 0 fully saturated rings. The summed E-state index contributed by atoms with van der Waals surface area (Å²) in [5.41, 5.74) is -1.53. The molecule has 1 aromatic rings. The smallest absolute Gasteiger partial charge is 0.311 e. The molecule has 0 aliphatic carbocycles. The van der Waals surface area contributed by atoms with E-state index in [-0.39, 0.29) is 12.1 Å². The van der Waals surface area contributed by atoms with Gasteiger partial charge in [0.05, 0.1) is 29.7 Å². The van der Waals surface area contributed by atoms with E-state index < -0.39 is 28.6 Å². The van der Waals surface area contributed by atoms with Crippen LogP contribution in [0.25, 0.3) is 0 Å². The monoisotopic (exact) mass is 246 g/mol. The van der Waals surface area contributed by atoms with E-state index in [0.29, 0.717) is 6.20 Å². The number of nitro groups is 1. The number of nitrogens with zero attached hydrogens (tertiary/aromatic N) is 2. The third-order valence-corrected chi connectivity index (χ3v) is 1.96. The van der Waals surface area contributed by atoms with Crippen LogP contribution in [0.2, 0.25) is 0 Å². The first kappa shape index (κ1) is 12.9. The minimum atomic E-state index is -3.00. The average Bonchev–Trinajstić information content (AvgIpc) is 2.28. The number of ether oxygens (including phenoxy) is 1. The number of pyridine rings is 1. The number of alkyl halides is 2. The highest BCUT2D eigenvalue weighted by atomic mass is 19.3. The average molecular weight is 246 g/mol. The van der Waals surface area contributed by atoms with Crippen LogP contribution in [0.3, 0.4) is 0 Å². The summed E-state index contributed by atoms with van der Waals surface area (Å²) < 4.78 is 29.4. The molecule has 6 nitrogen and oxygen atoms in total.